The summed E-state index contributed by atoms with van der Waals surface area (Å²) in [5.74, 6) is -0.675. The molecule has 1 aliphatic rings. The molecule has 0 radical (unpaired) electrons. The molecule has 6 nitrogen and oxygen atoms in total. The van der Waals surface area contributed by atoms with Crippen LogP contribution in [0.5, 0.6) is 0 Å². The van der Waals surface area contributed by atoms with Crippen LogP contribution in [0.15, 0.2) is 5.16 Å². The number of amides is 1. The van der Waals surface area contributed by atoms with Crippen LogP contribution in [-0.4, -0.2) is 17.0 Å². The minimum atomic E-state index is -0.704. The third-order valence-electron chi connectivity index (χ3n) is 4.17. The topological polar surface area (TPSA) is 112 Å². The summed E-state index contributed by atoms with van der Waals surface area (Å²) < 4.78 is 0. The fourth-order valence-corrected chi connectivity index (χ4v) is 4.02. The average molecular weight is 320 g/mol. The molecule has 1 aromatic heterocycles. The second kappa shape index (κ2) is 5.97. The number of nitrogens with one attached hydrogen (secondary N) is 1. The van der Waals surface area contributed by atoms with Crippen LogP contribution < -0.4 is 11.1 Å². The Labute approximate surface area is 133 Å². The van der Waals surface area contributed by atoms with E-state index in [0.717, 1.165) is 29.7 Å². The predicted octanol–water partition coefficient (Wildman–Crippen LogP) is 2.46. The first-order valence-corrected chi connectivity index (χ1v) is 7.93. The Morgan fingerprint density at radius 1 is 1.55 bits per heavy atom. The van der Waals surface area contributed by atoms with Crippen LogP contribution >= 0.6 is 11.3 Å². The Balaban J connectivity index is 2.31. The molecule has 2 rings (SSSR count). The van der Waals surface area contributed by atoms with Crippen LogP contribution in [0.25, 0.3) is 0 Å². The van der Waals surface area contributed by atoms with Crippen LogP contribution in [0.2, 0.25) is 0 Å². The van der Waals surface area contributed by atoms with Crippen LogP contribution in [0.4, 0.5) is 5.00 Å². The first-order valence-electron chi connectivity index (χ1n) is 7.11. The number of nitrogens with two attached hydrogens (primary N) is 1. The van der Waals surface area contributed by atoms with Gasteiger partial charge in [-0.25, -0.2) is 0 Å². The Bertz CT molecular complexity index is 664. The fraction of sp³-hybridized carbons (Fsp3) is 0.533. The molecule has 0 aliphatic heterocycles. The second-order valence-corrected chi connectivity index (χ2v) is 7.67. The van der Waals surface area contributed by atoms with Gasteiger partial charge in [0.2, 0.25) is 5.84 Å². The van der Waals surface area contributed by atoms with Crippen molar-refractivity contribution in [3.8, 4) is 6.07 Å². The first kappa shape index (κ1) is 16.3. The van der Waals surface area contributed by atoms with Gasteiger partial charge in [0, 0.05) is 4.88 Å². The molecular weight excluding hydrogens is 300 g/mol. The van der Waals surface area contributed by atoms with Crippen LogP contribution in [-0.2, 0) is 17.6 Å². The lowest BCUT2D eigenvalue weighted by Crippen LogP contribution is -2.30. The summed E-state index contributed by atoms with van der Waals surface area (Å²) in [5, 5.41) is 23.6. The number of carbonyl (C=O) groups is 1. The Kier molecular flexibility index (Phi) is 4.42. The van der Waals surface area contributed by atoms with E-state index in [1.54, 1.807) is 0 Å². The van der Waals surface area contributed by atoms with E-state index in [9.17, 15) is 10.1 Å². The van der Waals surface area contributed by atoms with Gasteiger partial charge in [-0.3, -0.25) is 4.79 Å². The average Bonchev–Trinajstić information content (AvgIpc) is 2.81. The highest BCUT2D eigenvalue weighted by Gasteiger charge is 2.32. The number of nitriles is 1. The second-order valence-electron chi connectivity index (χ2n) is 6.56. The maximum absolute atomic E-state index is 11.7. The van der Waals surface area contributed by atoms with E-state index < -0.39 is 11.7 Å². The molecule has 0 spiro atoms. The molecule has 4 N–H and O–H groups in total. The molecule has 1 amide bonds. The molecule has 1 aromatic rings. The fourth-order valence-electron chi connectivity index (χ4n) is 2.74. The standard InChI is InChI=1S/C15H20N4O2S/c1-15(2,3)8-4-5-9-10(7-16)14(22-11(9)6-8)18-13(20)12(17)19-21/h8,21H,4-6H2,1-3H3,(H2,17,19)(H,18,20). The van der Waals surface area contributed by atoms with Gasteiger partial charge in [0.25, 0.3) is 5.91 Å². The zero-order valence-electron chi connectivity index (χ0n) is 12.9. The molecule has 118 valence electrons. The summed E-state index contributed by atoms with van der Waals surface area (Å²) in [6.07, 6.45) is 2.79. The number of nitrogens with zero attached hydrogens (tertiary/aromatic N) is 2. The van der Waals surface area contributed by atoms with Crippen molar-refractivity contribution < 1.29 is 10.0 Å². The largest absolute Gasteiger partial charge is 0.409 e. The predicted molar refractivity (Wildman–Crippen MR) is 86.0 cm³/mol. The Morgan fingerprint density at radius 3 is 2.77 bits per heavy atom. The number of hydrogen-bond acceptors (Lipinski definition) is 5. The van der Waals surface area contributed by atoms with Crippen molar-refractivity contribution in [2.24, 2.45) is 22.2 Å². The molecule has 0 aromatic carbocycles. The first-order chi connectivity index (χ1) is 10.3. The highest BCUT2D eigenvalue weighted by molar-refractivity contribution is 7.16. The van der Waals surface area contributed by atoms with Crippen LogP contribution in [0.1, 0.15) is 43.2 Å². The number of amidine groups is 1. The Morgan fingerprint density at radius 2 is 2.23 bits per heavy atom. The lowest BCUT2D eigenvalue weighted by molar-refractivity contribution is -0.110. The minimum absolute atomic E-state index is 0.214. The highest BCUT2D eigenvalue weighted by atomic mass is 32.1. The number of thiophene rings is 1. The van der Waals surface area contributed by atoms with Crippen molar-refractivity contribution in [2.75, 3.05) is 5.32 Å². The molecule has 1 unspecified atom stereocenters. The number of hydrogen-bond donors (Lipinski definition) is 3. The van der Waals surface area contributed by atoms with E-state index in [0.29, 0.717) is 16.5 Å². The molecule has 0 bridgehead atoms. The molecular formula is C15H20N4O2S. The summed E-state index contributed by atoms with van der Waals surface area (Å²) in [7, 11) is 0. The van der Waals surface area contributed by atoms with E-state index in [2.05, 4.69) is 37.3 Å². The van der Waals surface area contributed by atoms with Gasteiger partial charge >= 0.3 is 0 Å². The van der Waals surface area contributed by atoms with E-state index >= 15 is 0 Å². The number of carbonyl (C=O) groups excluding carboxylic acids is 1. The highest BCUT2D eigenvalue weighted by Crippen LogP contribution is 2.43. The van der Waals surface area contributed by atoms with Crippen molar-refractivity contribution >= 4 is 28.1 Å². The summed E-state index contributed by atoms with van der Waals surface area (Å²) in [5.41, 5.74) is 7.02. The Hall–Kier alpha value is -2.07. The maximum Gasteiger partial charge on any atom is 0.294 e. The molecule has 1 heterocycles. The number of anilines is 1. The van der Waals surface area contributed by atoms with Crippen LogP contribution in [0, 0.1) is 22.7 Å². The lowest BCUT2D eigenvalue weighted by Gasteiger charge is -2.33. The van der Waals surface area contributed by atoms with Gasteiger partial charge in [-0.2, -0.15) is 5.26 Å². The van der Waals surface area contributed by atoms with Crippen molar-refractivity contribution in [1.29, 1.82) is 5.26 Å². The molecule has 0 saturated heterocycles. The van der Waals surface area contributed by atoms with Gasteiger partial charge in [0.05, 0.1) is 5.56 Å². The van der Waals surface area contributed by atoms with Crippen molar-refractivity contribution in [3.63, 3.8) is 0 Å². The third-order valence-corrected chi connectivity index (χ3v) is 5.34. The van der Waals surface area contributed by atoms with Gasteiger partial charge in [-0.15, -0.1) is 11.3 Å². The van der Waals surface area contributed by atoms with Gasteiger partial charge in [0.15, 0.2) is 0 Å². The van der Waals surface area contributed by atoms with E-state index in [-0.39, 0.29) is 5.41 Å². The van der Waals surface area contributed by atoms with Gasteiger partial charge in [-0.05, 0) is 36.2 Å². The van der Waals surface area contributed by atoms with Gasteiger partial charge in [0.1, 0.15) is 11.1 Å². The van der Waals surface area contributed by atoms with Crippen molar-refractivity contribution in [1.82, 2.24) is 0 Å². The van der Waals surface area contributed by atoms with E-state index in [1.807, 2.05) is 0 Å². The maximum atomic E-state index is 11.7. The van der Waals surface area contributed by atoms with E-state index in [4.69, 9.17) is 10.9 Å². The SMILES string of the molecule is CC(C)(C)C1CCc2c(sc(NC(=O)/C(N)=N\O)c2C#N)C1. The molecule has 22 heavy (non-hydrogen) atoms. The minimum Gasteiger partial charge on any atom is -0.409 e. The molecule has 0 saturated carbocycles. The third kappa shape index (κ3) is 3.07. The monoisotopic (exact) mass is 320 g/mol. The molecule has 1 aliphatic carbocycles. The summed E-state index contributed by atoms with van der Waals surface area (Å²) in [6, 6.07) is 2.17. The molecule has 7 heteroatoms. The van der Waals surface area contributed by atoms with Crippen LogP contribution in [0.3, 0.4) is 0 Å². The van der Waals surface area contributed by atoms with Gasteiger partial charge in [-0.1, -0.05) is 25.9 Å². The summed E-state index contributed by atoms with van der Waals surface area (Å²) in [6.45, 7) is 6.67. The molecule has 1 atom stereocenters. The van der Waals surface area contributed by atoms with Gasteiger partial charge < -0.3 is 16.3 Å². The zero-order valence-corrected chi connectivity index (χ0v) is 13.8. The summed E-state index contributed by atoms with van der Waals surface area (Å²) in [4.78, 5) is 12.9. The number of fused-ring (bicyclic) bond motifs is 1. The molecule has 0 fully saturated rings. The number of rotatable bonds is 1. The van der Waals surface area contributed by atoms with Crippen molar-refractivity contribution in [3.05, 3.63) is 16.0 Å². The number of oxime groups is 1. The zero-order chi connectivity index (χ0) is 16.5. The van der Waals surface area contributed by atoms with E-state index in [1.165, 1.54) is 11.3 Å². The summed E-state index contributed by atoms with van der Waals surface area (Å²) >= 11 is 1.42. The smallest absolute Gasteiger partial charge is 0.294 e. The quantitative estimate of drug-likeness (QED) is 0.319. The normalized spacial score (nSPS) is 18.5. The van der Waals surface area contributed by atoms with Crippen molar-refractivity contribution in [2.45, 2.75) is 40.0 Å². The lowest BCUT2D eigenvalue weighted by atomic mass is 9.72.